The minimum absolute atomic E-state index is 0.0336. The lowest BCUT2D eigenvalue weighted by Crippen LogP contribution is -2.19. The minimum Gasteiger partial charge on any atom is -0.468 e. The molecule has 1 aromatic heterocycles. The zero-order valence-electron chi connectivity index (χ0n) is 8.94. The van der Waals surface area contributed by atoms with Crippen LogP contribution in [0, 0.1) is 0 Å². The van der Waals surface area contributed by atoms with Crippen molar-refractivity contribution in [1.82, 2.24) is 4.98 Å². The van der Waals surface area contributed by atoms with E-state index in [2.05, 4.69) is 22.3 Å². The topological polar surface area (TPSA) is 22.1 Å². The minimum atomic E-state index is -4.34. The van der Waals surface area contributed by atoms with Gasteiger partial charge < -0.3 is 4.74 Å². The van der Waals surface area contributed by atoms with Crippen LogP contribution in [0.4, 0.5) is 13.2 Å². The monoisotopic (exact) mass is 263 g/mol. The Balaban J connectivity index is 2.50. The Morgan fingerprint density at radius 3 is 2.65 bits per heavy atom. The number of aromatic nitrogens is 1. The van der Waals surface area contributed by atoms with Crippen molar-refractivity contribution >= 4 is 18.7 Å². The third-order valence-electron chi connectivity index (χ3n) is 1.75. The molecule has 17 heavy (non-hydrogen) atoms. The molecule has 2 nitrogen and oxygen atoms in total. The molecule has 94 valence electrons. The molecule has 0 aromatic carbocycles. The summed E-state index contributed by atoms with van der Waals surface area (Å²) in [5.74, 6) is 0.713. The highest BCUT2D eigenvalue weighted by molar-refractivity contribution is 7.80. The molecule has 6 heteroatoms. The van der Waals surface area contributed by atoms with E-state index in [0.717, 1.165) is 17.7 Å². The molecule has 0 saturated heterocycles. The summed E-state index contributed by atoms with van der Waals surface area (Å²) in [4.78, 5) is 3.77. The lowest BCUT2D eigenvalue weighted by molar-refractivity contribution is -0.154. The molecule has 0 N–H and O–H groups in total. The van der Waals surface area contributed by atoms with Gasteiger partial charge in [-0.3, -0.25) is 0 Å². The van der Waals surface area contributed by atoms with E-state index in [-0.39, 0.29) is 5.88 Å². The van der Waals surface area contributed by atoms with E-state index < -0.39 is 12.8 Å². The van der Waals surface area contributed by atoms with Crippen molar-refractivity contribution in [2.45, 2.75) is 12.6 Å². The molecule has 0 bridgehead atoms. The van der Waals surface area contributed by atoms with Crippen LogP contribution < -0.4 is 4.74 Å². The highest BCUT2D eigenvalue weighted by Gasteiger charge is 2.28. The molecule has 0 aliphatic heterocycles. The summed E-state index contributed by atoms with van der Waals surface area (Å²) in [5.41, 5.74) is 0.811. The van der Waals surface area contributed by atoms with Crippen molar-refractivity contribution in [2.75, 3.05) is 12.4 Å². The van der Waals surface area contributed by atoms with Gasteiger partial charge in [-0.05, 0) is 23.8 Å². The Morgan fingerprint density at radius 1 is 1.35 bits per heavy atom. The standard InChI is InChI=1S/C11H12F3NOS/c12-11(13,14)8-16-10-5-4-9(7-15-10)3-1-2-6-17/h1,3-5,7,17H,2,6,8H2. The van der Waals surface area contributed by atoms with Crippen LogP contribution in [0.1, 0.15) is 12.0 Å². The lowest BCUT2D eigenvalue weighted by Gasteiger charge is -2.07. The zero-order valence-corrected chi connectivity index (χ0v) is 9.84. The SMILES string of the molecule is FC(F)(F)COc1ccc(C=CCCS)cn1. The fourth-order valence-corrected chi connectivity index (χ4v) is 1.17. The number of hydrogen-bond acceptors (Lipinski definition) is 3. The van der Waals surface area contributed by atoms with Crippen molar-refractivity contribution in [3.63, 3.8) is 0 Å². The van der Waals surface area contributed by atoms with Gasteiger partial charge in [0.1, 0.15) is 0 Å². The Hall–Kier alpha value is -1.17. The highest BCUT2D eigenvalue weighted by Crippen LogP contribution is 2.17. The summed E-state index contributed by atoms with van der Waals surface area (Å²) in [7, 11) is 0. The summed E-state index contributed by atoms with van der Waals surface area (Å²) in [6.45, 7) is -1.32. The molecule has 1 rings (SSSR count). The van der Waals surface area contributed by atoms with Crippen LogP contribution in [0.25, 0.3) is 6.08 Å². The van der Waals surface area contributed by atoms with E-state index in [1.807, 2.05) is 12.2 Å². The number of rotatable bonds is 5. The average Bonchev–Trinajstić information content (AvgIpc) is 2.27. The molecular formula is C11H12F3NOS. The van der Waals surface area contributed by atoms with Crippen LogP contribution in [0.2, 0.25) is 0 Å². The molecule has 0 atom stereocenters. The molecule has 0 fully saturated rings. The number of pyridine rings is 1. The molecule has 1 aromatic rings. The van der Waals surface area contributed by atoms with Crippen LogP contribution in [-0.2, 0) is 0 Å². The Morgan fingerprint density at radius 2 is 2.12 bits per heavy atom. The summed E-state index contributed by atoms with van der Waals surface area (Å²) in [6.07, 6.45) is 1.69. The number of ether oxygens (including phenoxy) is 1. The molecule has 0 aliphatic rings. The predicted octanol–water partition coefficient (Wildman–Crippen LogP) is 3.36. The molecule has 0 unspecified atom stereocenters. The third kappa shape index (κ3) is 6.21. The third-order valence-corrected chi connectivity index (χ3v) is 2.01. The van der Waals surface area contributed by atoms with E-state index in [9.17, 15) is 13.2 Å². The van der Waals surface area contributed by atoms with Gasteiger partial charge in [-0.25, -0.2) is 4.98 Å². The van der Waals surface area contributed by atoms with E-state index >= 15 is 0 Å². The molecule has 0 radical (unpaired) electrons. The van der Waals surface area contributed by atoms with Gasteiger partial charge in [0, 0.05) is 12.3 Å². The largest absolute Gasteiger partial charge is 0.468 e. The zero-order chi connectivity index (χ0) is 12.7. The fourth-order valence-electron chi connectivity index (χ4n) is 1.03. The first-order chi connectivity index (χ1) is 8.01. The fraction of sp³-hybridized carbons (Fsp3) is 0.364. The molecule has 1 heterocycles. The molecule has 0 spiro atoms. The Kier molecular flexibility index (Phi) is 5.34. The lowest BCUT2D eigenvalue weighted by atomic mass is 10.2. The smallest absolute Gasteiger partial charge is 0.422 e. The van der Waals surface area contributed by atoms with E-state index in [0.29, 0.717) is 0 Å². The second-order valence-electron chi connectivity index (χ2n) is 3.25. The van der Waals surface area contributed by atoms with Gasteiger partial charge >= 0.3 is 6.18 Å². The second-order valence-corrected chi connectivity index (χ2v) is 3.70. The van der Waals surface area contributed by atoms with Gasteiger partial charge in [0.05, 0.1) is 0 Å². The van der Waals surface area contributed by atoms with Gasteiger partial charge in [0.25, 0.3) is 0 Å². The second kappa shape index (κ2) is 6.54. The normalized spacial score (nSPS) is 12.0. The number of hydrogen-bond donors (Lipinski definition) is 1. The first-order valence-corrected chi connectivity index (χ1v) is 5.57. The van der Waals surface area contributed by atoms with Crippen LogP contribution >= 0.6 is 12.6 Å². The highest BCUT2D eigenvalue weighted by atomic mass is 32.1. The maximum absolute atomic E-state index is 11.9. The number of halogens is 3. The first kappa shape index (κ1) is 13.9. The van der Waals surface area contributed by atoms with Crippen molar-refractivity contribution < 1.29 is 17.9 Å². The van der Waals surface area contributed by atoms with Crippen molar-refractivity contribution in [3.05, 3.63) is 30.0 Å². The van der Waals surface area contributed by atoms with Gasteiger partial charge in [0.15, 0.2) is 6.61 Å². The van der Waals surface area contributed by atoms with E-state index in [4.69, 9.17) is 0 Å². The molecular weight excluding hydrogens is 251 g/mol. The van der Waals surface area contributed by atoms with Crippen LogP contribution in [-0.4, -0.2) is 23.5 Å². The summed E-state index contributed by atoms with van der Waals surface area (Å²) in [5, 5.41) is 0. The first-order valence-electron chi connectivity index (χ1n) is 4.94. The van der Waals surface area contributed by atoms with Crippen LogP contribution in [0.5, 0.6) is 5.88 Å². The average molecular weight is 263 g/mol. The number of thiol groups is 1. The van der Waals surface area contributed by atoms with Crippen molar-refractivity contribution in [1.29, 1.82) is 0 Å². The Labute approximate surface area is 103 Å². The van der Waals surface area contributed by atoms with Gasteiger partial charge in [-0.15, -0.1) is 0 Å². The maximum atomic E-state index is 11.9. The van der Waals surface area contributed by atoms with E-state index in [1.165, 1.54) is 12.3 Å². The summed E-state index contributed by atoms with van der Waals surface area (Å²) in [6, 6.07) is 3.06. The number of alkyl halides is 3. The van der Waals surface area contributed by atoms with Gasteiger partial charge in [-0.2, -0.15) is 25.8 Å². The molecule has 0 aliphatic carbocycles. The van der Waals surface area contributed by atoms with Crippen LogP contribution in [0.3, 0.4) is 0 Å². The molecule has 0 amide bonds. The number of allylic oxidation sites excluding steroid dienone is 1. The number of nitrogens with zero attached hydrogens (tertiary/aromatic N) is 1. The quantitative estimate of drug-likeness (QED) is 0.823. The summed E-state index contributed by atoms with van der Waals surface area (Å²) >= 11 is 4.04. The van der Waals surface area contributed by atoms with Crippen molar-refractivity contribution in [2.24, 2.45) is 0 Å². The van der Waals surface area contributed by atoms with Gasteiger partial charge in [-0.1, -0.05) is 12.2 Å². The molecule has 0 saturated carbocycles. The van der Waals surface area contributed by atoms with Gasteiger partial charge in [0.2, 0.25) is 5.88 Å². The van der Waals surface area contributed by atoms with Crippen molar-refractivity contribution in [3.8, 4) is 5.88 Å². The van der Waals surface area contributed by atoms with Crippen LogP contribution in [0.15, 0.2) is 24.4 Å². The Bertz CT molecular complexity index is 362. The maximum Gasteiger partial charge on any atom is 0.422 e. The summed E-state index contributed by atoms with van der Waals surface area (Å²) < 4.78 is 40.0. The predicted molar refractivity (Wildman–Crippen MR) is 63.3 cm³/mol. The van der Waals surface area contributed by atoms with E-state index in [1.54, 1.807) is 6.07 Å².